The summed E-state index contributed by atoms with van der Waals surface area (Å²) in [6.07, 6.45) is 3.25. The van der Waals surface area contributed by atoms with Crippen LogP contribution in [-0.2, 0) is 9.59 Å². The Bertz CT molecular complexity index is 412. The Balaban J connectivity index is 2.87. The van der Waals surface area contributed by atoms with Crippen LogP contribution in [0.2, 0.25) is 0 Å². The third-order valence-corrected chi connectivity index (χ3v) is 2.97. The molecule has 0 radical (unpaired) electrons. The molecule has 1 amide bonds. The molecule has 0 spiro atoms. The van der Waals surface area contributed by atoms with Crippen molar-refractivity contribution in [3.8, 4) is 0 Å². The molecule has 1 aromatic rings. The van der Waals surface area contributed by atoms with Crippen LogP contribution in [-0.4, -0.2) is 44.3 Å². The maximum Gasteiger partial charge on any atom is 0.329 e. The summed E-state index contributed by atoms with van der Waals surface area (Å²) in [5.41, 5.74) is -1.24. The number of hydrogen-bond acceptors (Lipinski definition) is 3. The van der Waals surface area contributed by atoms with Crippen molar-refractivity contribution in [2.75, 3.05) is 7.05 Å². The lowest BCUT2D eigenvalue weighted by molar-refractivity contribution is -0.156. The van der Waals surface area contributed by atoms with Gasteiger partial charge in [-0.3, -0.25) is 9.48 Å². The first kappa shape index (κ1) is 13.2. The van der Waals surface area contributed by atoms with E-state index in [0.717, 1.165) is 0 Å². The molecule has 0 saturated carbocycles. The molecular weight excluding hydrogens is 222 g/mol. The van der Waals surface area contributed by atoms with Gasteiger partial charge < -0.3 is 10.0 Å². The van der Waals surface area contributed by atoms with Gasteiger partial charge in [-0.05, 0) is 26.8 Å². The van der Waals surface area contributed by atoms with E-state index in [1.165, 1.54) is 30.5 Å². The minimum Gasteiger partial charge on any atom is -0.480 e. The van der Waals surface area contributed by atoms with Crippen molar-refractivity contribution in [3.63, 3.8) is 0 Å². The number of rotatable bonds is 4. The highest BCUT2D eigenvalue weighted by Crippen LogP contribution is 2.17. The molecule has 0 aromatic carbocycles. The van der Waals surface area contributed by atoms with Crippen LogP contribution in [0.5, 0.6) is 0 Å². The Hall–Kier alpha value is -1.85. The zero-order chi connectivity index (χ0) is 13.2. The van der Waals surface area contributed by atoms with Gasteiger partial charge in [0.2, 0.25) is 5.91 Å². The van der Waals surface area contributed by atoms with Crippen molar-refractivity contribution in [2.45, 2.75) is 32.4 Å². The third kappa shape index (κ3) is 2.46. The minimum atomic E-state index is -1.24. The Kier molecular flexibility index (Phi) is 3.55. The zero-order valence-corrected chi connectivity index (χ0v) is 10.4. The van der Waals surface area contributed by atoms with Crippen LogP contribution in [0.1, 0.15) is 26.8 Å². The van der Waals surface area contributed by atoms with E-state index in [1.54, 1.807) is 25.4 Å². The summed E-state index contributed by atoms with van der Waals surface area (Å²) in [4.78, 5) is 24.4. The molecule has 1 rings (SSSR count). The number of hydrogen-bond donors (Lipinski definition) is 1. The lowest BCUT2D eigenvalue weighted by Crippen LogP contribution is -2.52. The van der Waals surface area contributed by atoms with E-state index in [4.69, 9.17) is 5.11 Å². The molecule has 1 N–H and O–H groups in total. The standard InChI is InChI=1S/C11H17N3O3/c1-8(14-7-5-6-12-14)9(15)13(4)11(2,3)10(16)17/h5-8H,1-4H3,(H,16,17). The van der Waals surface area contributed by atoms with Crippen LogP contribution >= 0.6 is 0 Å². The molecule has 0 saturated heterocycles. The highest BCUT2D eigenvalue weighted by molar-refractivity contribution is 5.87. The number of carboxylic acids is 1. The summed E-state index contributed by atoms with van der Waals surface area (Å²) in [5.74, 6) is -1.33. The average Bonchev–Trinajstić information content (AvgIpc) is 2.79. The molecule has 1 aromatic heterocycles. The highest BCUT2D eigenvalue weighted by atomic mass is 16.4. The maximum absolute atomic E-state index is 12.1. The number of likely N-dealkylation sites (N-methyl/N-ethyl adjacent to an activating group) is 1. The van der Waals surface area contributed by atoms with Gasteiger partial charge in [0.25, 0.3) is 0 Å². The summed E-state index contributed by atoms with van der Waals surface area (Å²) < 4.78 is 1.50. The summed E-state index contributed by atoms with van der Waals surface area (Å²) in [7, 11) is 1.48. The number of aliphatic carboxylic acids is 1. The largest absolute Gasteiger partial charge is 0.480 e. The van der Waals surface area contributed by atoms with E-state index in [1.807, 2.05) is 0 Å². The number of nitrogens with zero attached hydrogens (tertiary/aromatic N) is 3. The Morgan fingerprint density at radius 1 is 1.47 bits per heavy atom. The van der Waals surface area contributed by atoms with Crippen LogP contribution in [0.3, 0.4) is 0 Å². The van der Waals surface area contributed by atoms with Crippen LogP contribution in [0.4, 0.5) is 0 Å². The van der Waals surface area contributed by atoms with Crippen LogP contribution in [0, 0.1) is 0 Å². The molecule has 0 aliphatic rings. The normalized spacial score (nSPS) is 13.2. The van der Waals surface area contributed by atoms with Crippen LogP contribution in [0.15, 0.2) is 18.5 Å². The van der Waals surface area contributed by atoms with Gasteiger partial charge in [0, 0.05) is 19.4 Å². The molecule has 0 bridgehead atoms. The fourth-order valence-corrected chi connectivity index (χ4v) is 1.32. The Morgan fingerprint density at radius 2 is 2.06 bits per heavy atom. The van der Waals surface area contributed by atoms with Crippen molar-refractivity contribution in [2.24, 2.45) is 0 Å². The van der Waals surface area contributed by atoms with Crippen molar-refractivity contribution in [1.82, 2.24) is 14.7 Å². The van der Waals surface area contributed by atoms with Crippen LogP contribution in [0.25, 0.3) is 0 Å². The third-order valence-electron chi connectivity index (χ3n) is 2.97. The number of carbonyl (C=O) groups excluding carboxylic acids is 1. The van der Waals surface area contributed by atoms with Gasteiger partial charge in [-0.25, -0.2) is 4.79 Å². The summed E-state index contributed by atoms with van der Waals surface area (Å²) in [6, 6.07) is 1.19. The van der Waals surface area contributed by atoms with E-state index in [2.05, 4.69) is 5.10 Å². The quantitative estimate of drug-likeness (QED) is 0.841. The molecule has 0 fully saturated rings. The molecule has 1 unspecified atom stereocenters. The highest BCUT2D eigenvalue weighted by Gasteiger charge is 2.37. The van der Waals surface area contributed by atoms with Gasteiger partial charge in [-0.1, -0.05) is 0 Å². The molecule has 0 aliphatic heterocycles. The van der Waals surface area contributed by atoms with Gasteiger partial charge in [0.05, 0.1) is 0 Å². The predicted octanol–water partition coefficient (Wildman–Crippen LogP) is 0.766. The first-order valence-corrected chi connectivity index (χ1v) is 5.28. The second-order valence-electron chi connectivity index (χ2n) is 4.42. The first-order chi connectivity index (χ1) is 7.78. The SMILES string of the molecule is CC(C(=O)N(C)C(C)(C)C(=O)O)n1cccn1. The van der Waals surface area contributed by atoms with Crippen molar-refractivity contribution in [3.05, 3.63) is 18.5 Å². The Labute approximate surface area is 99.8 Å². The summed E-state index contributed by atoms with van der Waals surface area (Å²) >= 11 is 0. The first-order valence-electron chi connectivity index (χ1n) is 5.28. The Morgan fingerprint density at radius 3 is 2.47 bits per heavy atom. The fourth-order valence-electron chi connectivity index (χ4n) is 1.32. The van der Waals surface area contributed by atoms with Crippen molar-refractivity contribution < 1.29 is 14.7 Å². The number of aromatic nitrogens is 2. The topological polar surface area (TPSA) is 75.4 Å². The molecule has 94 valence electrons. The second-order valence-corrected chi connectivity index (χ2v) is 4.42. The smallest absolute Gasteiger partial charge is 0.329 e. The minimum absolute atomic E-state index is 0.291. The molecule has 6 heteroatoms. The molecule has 1 atom stereocenters. The fraction of sp³-hybridized carbons (Fsp3) is 0.545. The van der Waals surface area contributed by atoms with Gasteiger partial charge in [0.15, 0.2) is 0 Å². The monoisotopic (exact) mass is 239 g/mol. The lowest BCUT2D eigenvalue weighted by Gasteiger charge is -2.33. The van der Waals surface area contributed by atoms with Crippen molar-refractivity contribution >= 4 is 11.9 Å². The van der Waals surface area contributed by atoms with Gasteiger partial charge >= 0.3 is 5.97 Å². The molecule has 17 heavy (non-hydrogen) atoms. The van der Waals surface area contributed by atoms with Gasteiger partial charge in [0.1, 0.15) is 11.6 Å². The molecule has 1 heterocycles. The average molecular weight is 239 g/mol. The molecule has 0 aliphatic carbocycles. The summed E-state index contributed by atoms with van der Waals surface area (Å²) in [5, 5.41) is 13.0. The lowest BCUT2D eigenvalue weighted by atomic mass is 10.0. The number of carbonyl (C=O) groups is 2. The van der Waals surface area contributed by atoms with Gasteiger partial charge in [-0.15, -0.1) is 0 Å². The van der Waals surface area contributed by atoms with Crippen molar-refractivity contribution in [1.29, 1.82) is 0 Å². The predicted molar refractivity (Wildman–Crippen MR) is 61.4 cm³/mol. The van der Waals surface area contributed by atoms with E-state index < -0.39 is 17.6 Å². The summed E-state index contributed by atoms with van der Waals surface area (Å²) in [6.45, 7) is 4.66. The maximum atomic E-state index is 12.1. The van der Waals surface area contributed by atoms with Gasteiger partial charge in [-0.2, -0.15) is 5.10 Å². The molecular formula is C11H17N3O3. The second kappa shape index (κ2) is 4.57. The molecule has 6 nitrogen and oxygen atoms in total. The van der Waals surface area contributed by atoms with Crippen LogP contribution < -0.4 is 0 Å². The number of carboxylic acid groups (broad SMARTS) is 1. The zero-order valence-electron chi connectivity index (χ0n) is 10.4. The van der Waals surface area contributed by atoms with E-state index in [0.29, 0.717) is 0 Å². The van der Waals surface area contributed by atoms with E-state index >= 15 is 0 Å². The number of amides is 1. The van der Waals surface area contributed by atoms with E-state index in [-0.39, 0.29) is 5.91 Å². The van der Waals surface area contributed by atoms with E-state index in [9.17, 15) is 9.59 Å².